The number of halogens is 1. The fraction of sp³-hybridized carbons (Fsp3) is 0.350. The first-order valence-corrected chi connectivity index (χ1v) is 9.80. The largest absolute Gasteiger partial charge is 0.490 e. The zero-order chi connectivity index (χ0) is 19.3. The summed E-state index contributed by atoms with van der Waals surface area (Å²) >= 11 is 6.10. The summed E-state index contributed by atoms with van der Waals surface area (Å²) in [4.78, 5) is 18.8. The lowest BCUT2D eigenvalue weighted by Gasteiger charge is -2.34. The molecule has 28 heavy (non-hydrogen) atoms. The molecule has 1 aromatic carbocycles. The number of carbonyl (C=O) groups excluding carboxylic acids is 1. The predicted molar refractivity (Wildman–Crippen MR) is 107 cm³/mol. The highest BCUT2D eigenvalue weighted by atomic mass is 35.5. The van der Waals surface area contributed by atoms with Gasteiger partial charge in [0.15, 0.2) is 5.15 Å². The number of H-pyrrole nitrogens is 1. The Morgan fingerprint density at radius 3 is 2.89 bits per heavy atom. The van der Waals surface area contributed by atoms with E-state index in [1.165, 1.54) is 0 Å². The number of aromatic amines is 1. The van der Waals surface area contributed by atoms with Crippen molar-refractivity contribution >= 4 is 34.2 Å². The van der Waals surface area contributed by atoms with Crippen molar-refractivity contribution in [3.63, 3.8) is 0 Å². The second kappa shape index (κ2) is 6.67. The van der Waals surface area contributed by atoms with E-state index in [1.54, 1.807) is 0 Å². The Morgan fingerprint density at radius 2 is 2.07 bits per heavy atom. The number of aromatic nitrogens is 3. The van der Waals surface area contributed by atoms with E-state index in [1.807, 2.05) is 31.2 Å². The monoisotopic (exact) mass is 397 g/mol. The van der Waals surface area contributed by atoms with Crippen molar-refractivity contribution in [2.45, 2.75) is 32.4 Å². The molecule has 0 radical (unpaired) electrons. The Kier molecular flexibility index (Phi) is 4.12. The van der Waals surface area contributed by atoms with Crippen LogP contribution in [0, 0.1) is 6.92 Å². The number of pyridine rings is 1. The molecule has 2 aliphatic rings. The summed E-state index contributed by atoms with van der Waals surface area (Å²) in [6, 6.07) is 7.77. The lowest BCUT2D eigenvalue weighted by atomic mass is 10.1. The maximum absolute atomic E-state index is 11.8. The summed E-state index contributed by atoms with van der Waals surface area (Å²) < 4.78 is 6.19. The van der Waals surface area contributed by atoms with Crippen LogP contribution in [0.15, 0.2) is 24.3 Å². The maximum atomic E-state index is 11.8. The molecule has 0 aliphatic carbocycles. The topological polar surface area (TPSA) is 83.1 Å². The van der Waals surface area contributed by atoms with E-state index in [4.69, 9.17) is 21.3 Å². The molecule has 5 rings (SSSR count). The van der Waals surface area contributed by atoms with Gasteiger partial charge in [0.25, 0.3) is 5.91 Å². The first-order chi connectivity index (χ1) is 13.6. The van der Waals surface area contributed by atoms with Crippen molar-refractivity contribution in [1.29, 1.82) is 0 Å². The molecule has 1 amide bonds. The first kappa shape index (κ1) is 17.3. The average Bonchev–Trinajstić information content (AvgIpc) is 3.25. The molecule has 4 heterocycles. The molecule has 1 fully saturated rings. The van der Waals surface area contributed by atoms with Gasteiger partial charge in [0.2, 0.25) is 0 Å². The number of nitrogens with zero attached hydrogens (tertiary/aromatic N) is 3. The van der Waals surface area contributed by atoms with Gasteiger partial charge in [-0.05, 0) is 36.8 Å². The molecule has 0 bridgehead atoms. The Bertz CT molecular complexity index is 1070. The summed E-state index contributed by atoms with van der Waals surface area (Å²) in [5.74, 6) is 1.75. The standard InChI is InChI=1S/C20H20ClN5O2/c1-11-8-15-17(10-22-20(15)27)23-19(11)26-6-4-12(5-7-26)28-13-2-3-16-14(9-13)18(21)25-24-16/h2-3,8-9,12H,4-7,10H2,1H3,(H,22,27)(H,24,25). The van der Waals surface area contributed by atoms with Crippen molar-refractivity contribution in [2.75, 3.05) is 18.0 Å². The van der Waals surface area contributed by atoms with E-state index in [2.05, 4.69) is 20.4 Å². The van der Waals surface area contributed by atoms with Crippen LogP contribution in [0.4, 0.5) is 5.82 Å². The SMILES string of the molecule is Cc1cc2c(nc1N1CCC(Oc3ccc4[nH]nc(Cl)c4c3)CC1)CNC2=O. The summed E-state index contributed by atoms with van der Waals surface area (Å²) in [6.45, 7) is 4.27. The third kappa shape index (κ3) is 2.96. The van der Waals surface area contributed by atoms with E-state index in [0.717, 1.165) is 59.7 Å². The van der Waals surface area contributed by atoms with Crippen LogP contribution in [-0.2, 0) is 6.54 Å². The molecule has 0 atom stereocenters. The van der Waals surface area contributed by atoms with Gasteiger partial charge in [0.05, 0.1) is 23.3 Å². The van der Waals surface area contributed by atoms with Crippen molar-refractivity contribution in [3.8, 4) is 5.75 Å². The number of carbonyl (C=O) groups is 1. The van der Waals surface area contributed by atoms with Crippen molar-refractivity contribution < 1.29 is 9.53 Å². The summed E-state index contributed by atoms with van der Waals surface area (Å²) in [5.41, 5.74) is 3.48. The highest BCUT2D eigenvalue weighted by Gasteiger charge is 2.26. The molecule has 2 aromatic heterocycles. The molecule has 0 spiro atoms. The van der Waals surface area contributed by atoms with Crippen LogP contribution < -0.4 is 15.0 Å². The van der Waals surface area contributed by atoms with Gasteiger partial charge in [0, 0.05) is 31.3 Å². The maximum Gasteiger partial charge on any atom is 0.253 e. The van der Waals surface area contributed by atoms with Crippen LogP contribution >= 0.6 is 11.6 Å². The molecule has 144 valence electrons. The third-order valence-corrected chi connectivity index (χ3v) is 5.75. The van der Waals surface area contributed by atoms with Crippen molar-refractivity contribution in [2.24, 2.45) is 0 Å². The number of anilines is 1. The summed E-state index contributed by atoms with van der Waals surface area (Å²) in [7, 11) is 0. The van der Waals surface area contributed by atoms with Crippen LogP contribution in [0.25, 0.3) is 10.9 Å². The van der Waals surface area contributed by atoms with Crippen molar-refractivity contribution in [1.82, 2.24) is 20.5 Å². The third-order valence-electron chi connectivity index (χ3n) is 5.46. The number of hydrogen-bond acceptors (Lipinski definition) is 5. The zero-order valence-electron chi connectivity index (χ0n) is 15.5. The number of fused-ring (bicyclic) bond motifs is 2. The van der Waals surface area contributed by atoms with Crippen LogP contribution in [-0.4, -0.2) is 40.3 Å². The van der Waals surface area contributed by atoms with Crippen LogP contribution in [0.3, 0.4) is 0 Å². The zero-order valence-corrected chi connectivity index (χ0v) is 16.2. The smallest absolute Gasteiger partial charge is 0.253 e. The molecular formula is C20H20ClN5O2. The fourth-order valence-corrected chi connectivity index (χ4v) is 4.16. The van der Waals surface area contributed by atoms with E-state index in [-0.39, 0.29) is 12.0 Å². The van der Waals surface area contributed by atoms with Crippen LogP contribution in [0.5, 0.6) is 5.75 Å². The Morgan fingerprint density at radius 1 is 1.25 bits per heavy atom. The fourth-order valence-electron chi connectivity index (χ4n) is 3.96. The number of piperidine rings is 1. The Balaban J connectivity index is 1.27. The van der Waals surface area contributed by atoms with Gasteiger partial charge < -0.3 is 15.0 Å². The molecule has 1 saturated heterocycles. The van der Waals surface area contributed by atoms with Gasteiger partial charge in [-0.1, -0.05) is 11.6 Å². The quantitative estimate of drug-likeness (QED) is 0.709. The van der Waals surface area contributed by atoms with Gasteiger partial charge in [-0.15, -0.1) is 0 Å². The minimum atomic E-state index is -0.0287. The van der Waals surface area contributed by atoms with Gasteiger partial charge in [-0.3, -0.25) is 9.89 Å². The molecule has 7 nitrogen and oxygen atoms in total. The molecule has 2 aliphatic heterocycles. The second-order valence-corrected chi connectivity index (χ2v) is 7.69. The average molecular weight is 398 g/mol. The number of rotatable bonds is 3. The number of ether oxygens (including phenoxy) is 1. The van der Waals surface area contributed by atoms with Crippen LogP contribution in [0.1, 0.15) is 34.5 Å². The molecule has 0 saturated carbocycles. The normalized spacial score (nSPS) is 17.1. The van der Waals surface area contributed by atoms with Gasteiger partial charge in [-0.2, -0.15) is 5.10 Å². The lowest BCUT2D eigenvalue weighted by Crippen LogP contribution is -2.39. The lowest BCUT2D eigenvalue weighted by molar-refractivity contribution is 0.0965. The highest BCUT2D eigenvalue weighted by molar-refractivity contribution is 6.34. The van der Waals surface area contributed by atoms with E-state index in [0.29, 0.717) is 17.3 Å². The second-order valence-electron chi connectivity index (χ2n) is 7.33. The summed E-state index contributed by atoms with van der Waals surface area (Å²) in [5, 5.41) is 11.1. The predicted octanol–water partition coefficient (Wildman–Crippen LogP) is 3.21. The van der Waals surface area contributed by atoms with E-state index < -0.39 is 0 Å². The van der Waals surface area contributed by atoms with E-state index in [9.17, 15) is 4.79 Å². The molecule has 3 aromatic rings. The molecule has 2 N–H and O–H groups in total. The molecule has 0 unspecified atom stereocenters. The number of amides is 1. The summed E-state index contributed by atoms with van der Waals surface area (Å²) in [6.07, 6.45) is 1.97. The van der Waals surface area contributed by atoms with E-state index >= 15 is 0 Å². The number of hydrogen-bond donors (Lipinski definition) is 2. The van der Waals surface area contributed by atoms with Gasteiger partial charge in [-0.25, -0.2) is 4.98 Å². The van der Waals surface area contributed by atoms with Gasteiger partial charge in [0.1, 0.15) is 17.7 Å². The number of benzene rings is 1. The molecular weight excluding hydrogens is 378 g/mol. The van der Waals surface area contributed by atoms with Crippen LogP contribution in [0.2, 0.25) is 5.15 Å². The minimum Gasteiger partial charge on any atom is -0.490 e. The molecule has 8 heteroatoms. The van der Waals surface area contributed by atoms with Crippen molar-refractivity contribution in [3.05, 3.63) is 46.2 Å². The Labute approximate surface area is 167 Å². The van der Waals surface area contributed by atoms with Gasteiger partial charge >= 0.3 is 0 Å². The first-order valence-electron chi connectivity index (χ1n) is 9.42. The minimum absolute atomic E-state index is 0.0287. The number of aryl methyl sites for hydroxylation is 1. The number of nitrogens with one attached hydrogen (secondary N) is 2. The Hall–Kier alpha value is -2.80. The highest BCUT2D eigenvalue weighted by Crippen LogP contribution is 2.29.